The zero-order chi connectivity index (χ0) is 11.6. The third-order valence-corrected chi connectivity index (χ3v) is 1.89. The number of halogens is 3. The van der Waals surface area contributed by atoms with Gasteiger partial charge < -0.3 is 4.98 Å². The van der Waals surface area contributed by atoms with Gasteiger partial charge in [0.15, 0.2) is 0 Å². The van der Waals surface area contributed by atoms with Crippen molar-refractivity contribution in [2.24, 2.45) is 0 Å². The molecule has 3 nitrogen and oxygen atoms in total. The lowest BCUT2D eigenvalue weighted by atomic mass is 10.1. The minimum absolute atomic E-state index is 0.159. The summed E-state index contributed by atoms with van der Waals surface area (Å²) in [5.74, 6) is 0. The number of nitriles is 1. The molecule has 15 heavy (non-hydrogen) atoms. The van der Waals surface area contributed by atoms with Crippen molar-refractivity contribution in [3.8, 4) is 6.07 Å². The lowest BCUT2D eigenvalue weighted by Gasteiger charge is -2.09. The summed E-state index contributed by atoms with van der Waals surface area (Å²) < 4.78 is 37.3. The fourth-order valence-corrected chi connectivity index (χ4v) is 1.14. The van der Waals surface area contributed by atoms with Gasteiger partial charge in [-0.15, -0.1) is 0 Å². The molecular formula is C9H7F3N2O. The van der Waals surface area contributed by atoms with E-state index < -0.39 is 22.9 Å². The van der Waals surface area contributed by atoms with Gasteiger partial charge in [-0.25, -0.2) is 0 Å². The summed E-state index contributed by atoms with van der Waals surface area (Å²) in [4.78, 5) is 13.3. The summed E-state index contributed by atoms with van der Waals surface area (Å²) in [5, 5.41) is 8.46. The molecule has 0 spiro atoms. The lowest BCUT2D eigenvalue weighted by Crippen LogP contribution is -2.20. The Labute approximate surface area is 83.2 Å². The Kier molecular flexibility index (Phi) is 2.84. The largest absolute Gasteiger partial charge is 0.417 e. The number of rotatable bonds is 1. The van der Waals surface area contributed by atoms with Crippen molar-refractivity contribution in [3.63, 3.8) is 0 Å². The van der Waals surface area contributed by atoms with E-state index in [1.807, 2.05) is 0 Å². The van der Waals surface area contributed by atoms with E-state index in [0.29, 0.717) is 0 Å². The van der Waals surface area contributed by atoms with Gasteiger partial charge in [0.1, 0.15) is 11.6 Å². The zero-order valence-corrected chi connectivity index (χ0v) is 7.77. The molecule has 0 aliphatic rings. The number of H-pyrrole nitrogens is 1. The Morgan fingerprint density at radius 2 is 2.13 bits per heavy atom. The van der Waals surface area contributed by atoms with Crippen LogP contribution in [0.4, 0.5) is 13.2 Å². The van der Waals surface area contributed by atoms with Crippen LogP contribution in [-0.2, 0) is 12.6 Å². The summed E-state index contributed by atoms with van der Waals surface area (Å²) in [6.07, 6.45) is -4.41. The van der Waals surface area contributed by atoms with Gasteiger partial charge in [-0.1, -0.05) is 6.92 Å². The van der Waals surface area contributed by atoms with Crippen LogP contribution in [0.1, 0.15) is 23.7 Å². The van der Waals surface area contributed by atoms with Crippen LogP contribution < -0.4 is 5.56 Å². The fraction of sp³-hybridized carbons (Fsp3) is 0.333. The van der Waals surface area contributed by atoms with E-state index in [1.165, 1.54) is 6.07 Å². The first kappa shape index (κ1) is 11.3. The Hall–Kier alpha value is -1.77. The highest BCUT2D eigenvalue weighted by Gasteiger charge is 2.35. The van der Waals surface area contributed by atoms with Gasteiger partial charge in [0, 0.05) is 5.69 Å². The SMILES string of the molecule is CCc1cc(C(F)(F)F)c(C#N)c(=O)[nH]1. The van der Waals surface area contributed by atoms with E-state index >= 15 is 0 Å². The topological polar surface area (TPSA) is 56.6 Å². The van der Waals surface area contributed by atoms with E-state index in [2.05, 4.69) is 4.98 Å². The maximum absolute atomic E-state index is 12.4. The molecule has 0 fully saturated rings. The first-order valence-corrected chi connectivity index (χ1v) is 4.13. The molecule has 0 unspecified atom stereocenters. The van der Waals surface area contributed by atoms with Gasteiger partial charge in [-0.05, 0) is 12.5 Å². The number of pyridine rings is 1. The van der Waals surface area contributed by atoms with Crippen LogP contribution in [0, 0.1) is 11.3 Å². The zero-order valence-electron chi connectivity index (χ0n) is 7.77. The highest BCUT2D eigenvalue weighted by atomic mass is 19.4. The molecule has 0 amide bonds. The summed E-state index contributed by atoms with van der Waals surface area (Å²) in [5.41, 5.74) is -2.90. The molecule has 1 N–H and O–H groups in total. The van der Waals surface area contributed by atoms with Crippen LogP contribution in [0.25, 0.3) is 0 Å². The number of hydrogen-bond acceptors (Lipinski definition) is 2. The second-order valence-electron chi connectivity index (χ2n) is 2.88. The second kappa shape index (κ2) is 3.77. The number of hydrogen-bond donors (Lipinski definition) is 1. The van der Waals surface area contributed by atoms with Gasteiger partial charge >= 0.3 is 6.18 Å². The summed E-state index contributed by atoms with van der Waals surface area (Å²) in [7, 11) is 0. The molecule has 80 valence electrons. The number of nitrogens with zero attached hydrogens (tertiary/aromatic N) is 1. The smallest absolute Gasteiger partial charge is 0.325 e. The van der Waals surface area contributed by atoms with Crippen LogP contribution in [0.2, 0.25) is 0 Å². The number of aryl methyl sites for hydroxylation is 1. The molecule has 0 radical (unpaired) electrons. The number of nitrogens with one attached hydrogen (secondary N) is 1. The van der Waals surface area contributed by atoms with Crippen LogP contribution in [0.5, 0.6) is 0 Å². The van der Waals surface area contributed by atoms with Crippen molar-refractivity contribution < 1.29 is 13.2 Å². The number of aromatic nitrogens is 1. The average molecular weight is 216 g/mol. The lowest BCUT2D eigenvalue weighted by molar-refractivity contribution is -0.138. The van der Waals surface area contributed by atoms with E-state index in [9.17, 15) is 18.0 Å². The molecule has 0 atom stereocenters. The molecule has 0 bridgehead atoms. The maximum atomic E-state index is 12.4. The molecule has 1 rings (SSSR count). The predicted molar refractivity (Wildman–Crippen MR) is 46.2 cm³/mol. The van der Waals surface area contributed by atoms with Gasteiger partial charge in [0.2, 0.25) is 0 Å². The molecule has 1 heterocycles. The molecule has 6 heteroatoms. The Morgan fingerprint density at radius 3 is 2.53 bits per heavy atom. The van der Waals surface area contributed by atoms with E-state index in [0.717, 1.165) is 6.07 Å². The highest BCUT2D eigenvalue weighted by molar-refractivity contribution is 5.38. The normalized spacial score (nSPS) is 11.1. The molecular weight excluding hydrogens is 209 g/mol. The molecule has 1 aromatic rings. The van der Waals surface area contributed by atoms with Crippen LogP contribution in [0.3, 0.4) is 0 Å². The molecule has 0 aromatic carbocycles. The van der Waals surface area contributed by atoms with Crippen molar-refractivity contribution >= 4 is 0 Å². The predicted octanol–water partition coefficient (Wildman–Crippen LogP) is 1.83. The van der Waals surface area contributed by atoms with E-state index in [1.54, 1.807) is 6.92 Å². The Balaban J connectivity index is 3.56. The van der Waals surface area contributed by atoms with Crippen molar-refractivity contribution in [2.75, 3.05) is 0 Å². The van der Waals surface area contributed by atoms with Crippen LogP contribution in [0.15, 0.2) is 10.9 Å². The van der Waals surface area contributed by atoms with Gasteiger partial charge in [0.05, 0.1) is 5.56 Å². The summed E-state index contributed by atoms with van der Waals surface area (Å²) in [6.45, 7) is 1.61. The summed E-state index contributed by atoms with van der Waals surface area (Å²) >= 11 is 0. The minimum atomic E-state index is -4.68. The first-order valence-electron chi connectivity index (χ1n) is 4.13. The molecule has 0 saturated heterocycles. The molecule has 0 aliphatic carbocycles. The average Bonchev–Trinajstić information content (AvgIpc) is 2.15. The quantitative estimate of drug-likeness (QED) is 0.778. The Morgan fingerprint density at radius 1 is 1.53 bits per heavy atom. The van der Waals surface area contributed by atoms with Crippen LogP contribution >= 0.6 is 0 Å². The van der Waals surface area contributed by atoms with Gasteiger partial charge in [0.25, 0.3) is 5.56 Å². The maximum Gasteiger partial charge on any atom is 0.417 e. The van der Waals surface area contributed by atoms with Crippen molar-refractivity contribution in [3.05, 3.63) is 33.2 Å². The fourth-order valence-electron chi connectivity index (χ4n) is 1.14. The van der Waals surface area contributed by atoms with Crippen LogP contribution in [-0.4, -0.2) is 4.98 Å². The monoisotopic (exact) mass is 216 g/mol. The highest BCUT2D eigenvalue weighted by Crippen LogP contribution is 2.30. The summed E-state index contributed by atoms with van der Waals surface area (Å²) in [6, 6.07) is 2.05. The molecule has 0 saturated carbocycles. The third kappa shape index (κ3) is 2.18. The Bertz CT molecular complexity index is 468. The van der Waals surface area contributed by atoms with E-state index in [-0.39, 0.29) is 12.1 Å². The van der Waals surface area contributed by atoms with Crippen molar-refractivity contribution in [1.82, 2.24) is 4.98 Å². The van der Waals surface area contributed by atoms with Crippen molar-refractivity contribution in [1.29, 1.82) is 5.26 Å². The number of alkyl halides is 3. The van der Waals surface area contributed by atoms with Gasteiger partial charge in [-0.3, -0.25) is 4.79 Å². The second-order valence-corrected chi connectivity index (χ2v) is 2.88. The van der Waals surface area contributed by atoms with Crippen molar-refractivity contribution in [2.45, 2.75) is 19.5 Å². The minimum Gasteiger partial charge on any atom is -0.325 e. The van der Waals surface area contributed by atoms with E-state index in [4.69, 9.17) is 5.26 Å². The molecule has 0 aliphatic heterocycles. The number of aromatic amines is 1. The third-order valence-electron chi connectivity index (χ3n) is 1.89. The molecule has 1 aromatic heterocycles. The first-order chi connectivity index (χ1) is 6.90. The van der Waals surface area contributed by atoms with Gasteiger partial charge in [-0.2, -0.15) is 18.4 Å². The standard InChI is InChI=1S/C9H7F3N2O/c1-2-5-3-7(9(10,11)12)6(4-13)8(15)14-5/h3H,2H2,1H3,(H,14,15).